The quantitative estimate of drug-likeness (QED) is 0.875. The van der Waals surface area contributed by atoms with Crippen LogP contribution in [-0.2, 0) is 10.2 Å². The first-order valence-corrected chi connectivity index (χ1v) is 8.48. The van der Waals surface area contributed by atoms with Gasteiger partial charge in [-0.05, 0) is 43.3 Å². The molecule has 2 heterocycles. The second-order valence-electron chi connectivity index (χ2n) is 7.09. The monoisotopic (exact) mass is 299 g/mol. The summed E-state index contributed by atoms with van der Waals surface area (Å²) in [5, 5.41) is 6.83. The van der Waals surface area contributed by atoms with Crippen molar-refractivity contribution in [1.29, 1.82) is 0 Å². The summed E-state index contributed by atoms with van der Waals surface area (Å²) in [5.41, 5.74) is 0.864. The summed E-state index contributed by atoms with van der Waals surface area (Å²) >= 11 is 0. The van der Waals surface area contributed by atoms with Crippen LogP contribution in [0.15, 0.2) is 30.3 Å². The van der Waals surface area contributed by atoms with Gasteiger partial charge in [0.1, 0.15) is 0 Å². The van der Waals surface area contributed by atoms with Gasteiger partial charge >= 0.3 is 0 Å². The molecular formula is C18H25N3O. The Morgan fingerprint density at radius 2 is 1.73 bits per heavy atom. The second-order valence-corrected chi connectivity index (χ2v) is 7.09. The molecule has 3 aliphatic rings. The molecule has 2 saturated heterocycles. The Bertz CT molecular complexity index is 543. The number of nitrogens with zero attached hydrogens (tertiary/aromatic N) is 1. The van der Waals surface area contributed by atoms with Crippen LogP contribution >= 0.6 is 0 Å². The van der Waals surface area contributed by atoms with Gasteiger partial charge in [-0.25, -0.2) is 0 Å². The van der Waals surface area contributed by atoms with Crippen LogP contribution < -0.4 is 10.6 Å². The van der Waals surface area contributed by atoms with Crippen LogP contribution in [0.3, 0.4) is 0 Å². The van der Waals surface area contributed by atoms with Crippen molar-refractivity contribution < 1.29 is 4.79 Å². The van der Waals surface area contributed by atoms with Gasteiger partial charge in [0.2, 0.25) is 5.91 Å². The van der Waals surface area contributed by atoms with E-state index in [1.54, 1.807) is 0 Å². The molecule has 0 radical (unpaired) electrons. The lowest BCUT2D eigenvalue weighted by molar-refractivity contribution is -0.138. The fourth-order valence-corrected chi connectivity index (χ4v) is 4.67. The van der Waals surface area contributed by atoms with Crippen molar-refractivity contribution in [2.75, 3.05) is 33.2 Å². The van der Waals surface area contributed by atoms with E-state index in [1.165, 1.54) is 5.56 Å². The molecule has 4 heteroatoms. The van der Waals surface area contributed by atoms with E-state index in [9.17, 15) is 4.79 Å². The van der Waals surface area contributed by atoms with Gasteiger partial charge in [0.05, 0.1) is 5.41 Å². The minimum atomic E-state index is -0.328. The zero-order valence-corrected chi connectivity index (χ0v) is 13.2. The summed E-state index contributed by atoms with van der Waals surface area (Å²) in [5.74, 6) is 1.70. The highest BCUT2D eigenvalue weighted by molar-refractivity contribution is 5.89. The van der Waals surface area contributed by atoms with Crippen LogP contribution in [0.5, 0.6) is 0 Å². The molecule has 3 atom stereocenters. The van der Waals surface area contributed by atoms with Crippen molar-refractivity contribution in [3.05, 3.63) is 35.9 Å². The zero-order chi connectivity index (χ0) is 15.2. The maximum absolute atomic E-state index is 13.4. The van der Waals surface area contributed by atoms with Gasteiger partial charge in [0.15, 0.2) is 0 Å². The topological polar surface area (TPSA) is 44.4 Å². The first kappa shape index (κ1) is 14.2. The van der Waals surface area contributed by atoms with Gasteiger partial charge in [-0.15, -0.1) is 0 Å². The van der Waals surface area contributed by atoms with E-state index in [1.807, 2.05) is 13.1 Å². The fourth-order valence-electron chi connectivity index (χ4n) is 4.67. The van der Waals surface area contributed by atoms with Crippen molar-refractivity contribution in [2.24, 2.45) is 11.8 Å². The molecule has 4 rings (SSSR count). The van der Waals surface area contributed by atoms with E-state index >= 15 is 0 Å². The van der Waals surface area contributed by atoms with E-state index in [0.717, 1.165) is 39.0 Å². The number of rotatable bonds is 3. The highest BCUT2D eigenvalue weighted by Crippen LogP contribution is 2.47. The van der Waals surface area contributed by atoms with Gasteiger partial charge in [-0.3, -0.25) is 4.79 Å². The van der Waals surface area contributed by atoms with Crippen LogP contribution in [0.1, 0.15) is 18.4 Å². The molecule has 3 fully saturated rings. The third kappa shape index (κ3) is 2.09. The number of carbonyl (C=O) groups is 1. The van der Waals surface area contributed by atoms with E-state index in [0.29, 0.717) is 23.8 Å². The van der Waals surface area contributed by atoms with Crippen molar-refractivity contribution in [2.45, 2.75) is 24.3 Å². The lowest BCUT2D eigenvalue weighted by atomic mass is 9.72. The lowest BCUT2D eigenvalue weighted by Crippen LogP contribution is -2.52. The number of hydrogen-bond donors (Lipinski definition) is 2. The van der Waals surface area contributed by atoms with Crippen molar-refractivity contribution in [3.63, 3.8) is 0 Å². The molecule has 2 N–H and O–H groups in total. The standard InChI is InChI=1S/C18H25N3O/c1-21(16-14-11-20-12-15(14)16)17(22)18(7-9-19-10-8-18)13-5-3-2-4-6-13/h2-6,14-16,19-20H,7-12H2,1H3/t14-,15+,16?. The number of nitrogens with one attached hydrogen (secondary N) is 2. The second kappa shape index (κ2) is 5.36. The Labute approximate surface area is 132 Å². The molecular weight excluding hydrogens is 274 g/mol. The summed E-state index contributed by atoms with van der Waals surface area (Å²) in [6.07, 6.45) is 1.81. The molecule has 118 valence electrons. The summed E-state index contributed by atoms with van der Waals surface area (Å²) in [6.45, 7) is 4.00. The molecule has 1 unspecified atom stereocenters. The van der Waals surface area contributed by atoms with Gasteiger partial charge in [-0.2, -0.15) is 0 Å². The van der Waals surface area contributed by atoms with E-state index in [4.69, 9.17) is 0 Å². The average molecular weight is 299 g/mol. The number of hydrogen-bond acceptors (Lipinski definition) is 3. The lowest BCUT2D eigenvalue weighted by Gasteiger charge is -2.40. The van der Waals surface area contributed by atoms with Crippen LogP contribution in [0.25, 0.3) is 0 Å². The summed E-state index contributed by atoms with van der Waals surface area (Å²) in [7, 11) is 2.03. The maximum atomic E-state index is 13.4. The fraction of sp³-hybridized carbons (Fsp3) is 0.611. The van der Waals surface area contributed by atoms with Crippen molar-refractivity contribution in [3.8, 4) is 0 Å². The molecule has 0 aromatic heterocycles. The van der Waals surface area contributed by atoms with Gasteiger partial charge in [0.25, 0.3) is 0 Å². The molecule has 0 bridgehead atoms. The van der Waals surface area contributed by atoms with Crippen molar-refractivity contribution in [1.82, 2.24) is 15.5 Å². The molecule has 1 aromatic carbocycles. The van der Waals surface area contributed by atoms with Crippen LogP contribution in [-0.4, -0.2) is 50.1 Å². The Morgan fingerprint density at radius 3 is 2.36 bits per heavy atom. The van der Waals surface area contributed by atoms with E-state index in [-0.39, 0.29) is 5.41 Å². The normalized spacial score (nSPS) is 32.3. The molecule has 4 nitrogen and oxygen atoms in total. The number of fused-ring (bicyclic) bond motifs is 1. The zero-order valence-electron chi connectivity index (χ0n) is 13.2. The number of piperidine rings is 2. The van der Waals surface area contributed by atoms with Crippen LogP contribution in [0.2, 0.25) is 0 Å². The largest absolute Gasteiger partial charge is 0.341 e. The summed E-state index contributed by atoms with van der Waals surface area (Å²) < 4.78 is 0. The van der Waals surface area contributed by atoms with Gasteiger partial charge in [0, 0.05) is 26.2 Å². The predicted octanol–water partition coefficient (Wildman–Crippen LogP) is 0.984. The molecule has 22 heavy (non-hydrogen) atoms. The molecule has 1 amide bonds. The first-order chi connectivity index (χ1) is 10.7. The number of amides is 1. The molecule has 1 aromatic rings. The minimum absolute atomic E-state index is 0.328. The summed E-state index contributed by atoms with van der Waals surface area (Å²) in [4.78, 5) is 15.5. The minimum Gasteiger partial charge on any atom is -0.341 e. The predicted molar refractivity (Wildman–Crippen MR) is 86.6 cm³/mol. The van der Waals surface area contributed by atoms with E-state index in [2.05, 4.69) is 39.8 Å². The number of carbonyl (C=O) groups excluding carboxylic acids is 1. The Balaban J connectivity index is 1.61. The average Bonchev–Trinajstić information content (AvgIpc) is 3.06. The number of likely N-dealkylation sites (N-methyl/N-ethyl adjacent to an activating group) is 1. The SMILES string of the molecule is CN(C(=O)C1(c2ccccc2)CCNCC1)C1[C@H]2CNC[C@@H]12. The molecule has 1 saturated carbocycles. The number of benzene rings is 1. The van der Waals surface area contributed by atoms with Gasteiger partial charge < -0.3 is 15.5 Å². The Morgan fingerprint density at radius 1 is 1.09 bits per heavy atom. The van der Waals surface area contributed by atoms with E-state index < -0.39 is 0 Å². The van der Waals surface area contributed by atoms with Crippen molar-refractivity contribution >= 4 is 5.91 Å². The highest BCUT2D eigenvalue weighted by Gasteiger charge is 2.58. The first-order valence-electron chi connectivity index (χ1n) is 8.48. The molecule has 2 aliphatic heterocycles. The molecule has 0 spiro atoms. The third-order valence-corrected chi connectivity index (χ3v) is 6.01. The smallest absolute Gasteiger partial charge is 0.233 e. The van der Waals surface area contributed by atoms with Gasteiger partial charge in [-0.1, -0.05) is 30.3 Å². The Kier molecular flexibility index (Phi) is 3.46. The highest BCUT2D eigenvalue weighted by atomic mass is 16.2. The van der Waals surface area contributed by atoms with Crippen LogP contribution in [0.4, 0.5) is 0 Å². The Hall–Kier alpha value is -1.39. The van der Waals surface area contributed by atoms with Crippen LogP contribution in [0, 0.1) is 11.8 Å². The maximum Gasteiger partial charge on any atom is 0.233 e. The third-order valence-electron chi connectivity index (χ3n) is 6.01. The summed E-state index contributed by atoms with van der Waals surface area (Å²) in [6, 6.07) is 10.9. The molecule has 1 aliphatic carbocycles.